The molecule has 1 amide bonds. The summed E-state index contributed by atoms with van der Waals surface area (Å²) in [6, 6.07) is 12.6. The van der Waals surface area contributed by atoms with Crippen molar-refractivity contribution in [1.82, 2.24) is 19.0 Å². The SMILES string of the molecule is Cn1ccc2c(Cn3c4c(c5cccnc53)CCN(C(=O)CCCCC(=O)O)C4)cccc21. The Morgan fingerprint density at radius 1 is 1.06 bits per heavy atom. The highest BCUT2D eigenvalue weighted by Crippen LogP contribution is 2.32. The lowest BCUT2D eigenvalue weighted by atomic mass is 10.0. The first-order valence-corrected chi connectivity index (χ1v) is 11.5. The van der Waals surface area contributed by atoms with E-state index in [2.05, 4.69) is 52.7 Å². The Labute approximate surface area is 192 Å². The van der Waals surface area contributed by atoms with Gasteiger partial charge in [0, 0.05) is 60.8 Å². The van der Waals surface area contributed by atoms with Crippen molar-refractivity contribution in [3.05, 3.63) is 65.6 Å². The summed E-state index contributed by atoms with van der Waals surface area (Å²) in [6.07, 6.45) is 6.37. The third-order valence-electron chi connectivity index (χ3n) is 6.74. The second kappa shape index (κ2) is 8.73. The van der Waals surface area contributed by atoms with Crippen LogP contribution in [0.1, 0.15) is 42.5 Å². The largest absolute Gasteiger partial charge is 0.481 e. The number of carboxylic acids is 1. The maximum atomic E-state index is 12.9. The van der Waals surface area contributed by atoms with Crippen molar-refractivity contribution in [2.45, 2.75) is 45.2 Å². The number of nitrogens with zero attached hydrogens (tertiary/aromatic N) is 4. The first-order chi connectivity index (χ1) is 16.0. The molecule has 0 saturated carbocycles. The maximum Gasteiger partial charge on any atom is 0.303 e. The summed E-state index contributed by atoms with van der Waals surface area (Å²) in [5, 5.41) is 11.2. The van der Waals surface area contributed by atoms with E-state index in [0.29, 0.717) is 38.9 Å². The minimum atomic E-state index is -0.810. The number of aromatic nitrogens is 3. The molecule has 0 spiro atoms. The van der Waals surface area contributed by atoms with E-state index in [-0.39, 0.29) is 12.3 Å². The fraction of sp³-hybridized carbons (Fsp3) is 0.346. The van der Waals surface area contributed by atoms with Crippen molar-refractivity contribution >= 4 is 33.8 Å². The van der Waals surface area contributed by atoms with Crippen molar-refractivity contribution in [3.8, 4) is 0 Å². The van der Waals surface area contributed by atoms with Gasteiger partial charge in [-0.25, -0.2) is 4.98 Å². The Bertz CT molecular complexity index is 1350. The average molecular weight is 445 g/mol. The predicted molar refractivity (Wildman–Crippen MR) is 127 cm³/mol. The van der Waals surface area contributed by atoms with Gasteiger partial charge in [-0.2, -0.15) is 0 Å². The van der Waals surface area contributed by atoms with E-state index in [9.17, 15) is 9.59 Å². The van der Waals surface area contributed by atoms with Gasteiger partial charge < -0.3 is 19.1 Å². The molecule has 1 aliphatic heterocycles. The lowest BCUT2D eigenvalue weighted by Gasteiger charge is -2.29. The maximum absolute atomic E-state index is 12.9. The van der Waals surface area contributed by atoms with Crippen LogP contribution in [0.4, 0.5) is 0 Å². The molecular weight excluding hydrogens is 416 g/mol. The van der Waals surface area contributed by atoms with E-state index in [4.69, 9.17) is 10.1 Å². The molecule has 4 heterocycles. The zero-order chi connectivity index (χ0) is 22.9. The second-order valence-electron chi connectivity index (χ2n) is 8.83. The third-order valence-corrected chi connectivity index (χ3v) is 6.74. The molecule has 7 heteroatoms. The standard InChI is InChI=1S/C26H28N4O3/c1-28-14-11-19-18(6-4-8-22(19)28)16-30-23-17-29(24(31)9-2-3-10-25(32)33)15-12-20(23)21-7-5-13-27-26(21)30/h4-8,11,13-14H,2-3,9-10,12,15-17H2,1H3,(H,32,33). The summed E-state index contributed by atoms with van der Waals surface area (Å²) < 4.78 is 4.40. The molecule has 0 radical (unpaired) electrons. The van der Waals surface area contributed by atoms with E-state index >= 15 is 0 Å². The van der Waals surface area contributed by atoms with Crippen molar-refractivity contribution < 1.29 is 14.7 Å². The summed E-state index contributed by atoms with van der Waals surface area (Å²) in [4.78, 5) is 30.2. The van der Waals surface area contributed by atoms with Gasteiger partial charge in [0.15, 0.2) is 0 Å². The van der Waals surface area contributed by atoms with E-state index in [0.717, 1.165) is 17.8 Å². The van der Waals surface area contributed by atoms with Crippen LogP contribution in [0, 0.1) is 0 Å². The van der Waals surface area contributed by atoms with E-state index in [1.165, 1.54) is 27.4 Å². The number of benzene rings is 1. The minimum Gasteiger partial charge on any atom is -0.481 e. The quantitative estimate of drug-likeness (QED) is 0.435. The summed E-state index contributed by atoms with van der Waals surface area (Å²) in [5.41, 5.74) is 5.83. The van der Waals surface area contributed by atoms with E-state index in [1.807, 2.05) is 17.2 Å². The number of hydrogen-bond donors (Lipinski definition) is 1. The Kier molecular flexibility index (Phi) is 5.62. The highest BCUT2D eigenvalue weighted by molar-refractivity contribution is 5.86. The number of amides is 1. The number of carbonyl (C=O) groups excluding carboxylic acids is 1. The van der Waals surface area contributed by atoms with Crippen LogP contribution < -0.4 is 0 Å². The Morgan fingerprint density at radius 2 is 1.91 bits per heavy atom. The summed E-state index contributed by atoms with van der Waals surface area (Å²) in [7, 11) is 2.06. The van der Waals surface area contributed by atoms with Crippen LogP contribution >= 0.6 is 0 Å². The van der Waals surface area contributed by atoms with Crippen LogP contribution in [0.25, 0.3) is 21.9 Å². The molecule has 1 aliphatic rings. The Hall–Kier alpha value is -3.61. The molecule has 1 aromatic carbocycles. The van der Waals surface area contributed by atoms with Gasteiger partial charge in [0.25, 0.3) is 0 Å². The number of fused-ring (bicyclic) bond motifs is 4. The Morgan fingerprint density at radius 3 is 2.76 bits per heavy atom. The zero-order valence-electron chi connectivity index (χ0n) is 18.8. The van der Waals surface area contributed by atoms with Gasteiger partial charge in [-0.3, -0.25) is 9.59 Å². The van der Waals surface area contributed by atoms with Gasteiger partial charge in [0.2, 0.25) is 5.91 Å². The smallest absolute Gasteiger partial charge is 0.303 e. The lowest BCUT2D eigenvalue weighted by molar-refractivity contribution is -0.137. The summed E-state index contributed by atoms with van der Waals surface area (Å²) >= 11 is 0. The molecule has 3 aromatic heterocycles. The number of carbonyl (C=O) groups is 2. The fourth-order valence-corrected chi connectivity index (χ4v) is 5.03. The number of rotatable bonds is 7. The van der Waals surface area contributed by atoms with Crippen LogP contribution in [0.2, 0.25) is 0 Å². The van der Waals surface area contributed by atoms with Crippen LogP contribution in [-0.2, 0) is 36.1 Å². The molecule has 4 aromatic rings. The highest BCUT2D eigenvalue weighted by Gasteiger charge is 2.27. The number of aryl methyl sites for hydroxylation is 1. The average Bonchev–Trinajstić information content (AvgIpc) is 3.35. The topological polar surface area (TPSA) is 80.4 Å². The molecule has 0 bridgehead atoms. The van der Waals surface area contributed by atoms with Crippen LogP contribution in [0.15, 0.2) is 48.8 Å². The van der Waals surface area contributed by atoms with Gasteiger partial charge >= 0.3 is 5.97 Å². The summed E-state index contributed by atoms with van der Waals surface area (Å²) in [5.74, 6) is -0.712. The van der Waals surface area contributed by atoms with Crippen molar-refractivity contribution in [2.24, 2.45) is 7.05 Å². The van der Waals surface area contributed by atoms with Crippen molar-refractivity contribution in [2.75, 3.05) is 6.54 Å². The first kappa shape index (κ1) is 21.2. The van der Waals surface area contributed by atoms with Crippen LogP contribution in [0.5, 0.6) is 0 Å². The molecule has 0 fully saturated rings. The zero-order valence-corrected chi connectivity index (χ0v) is 18.8. The van der Waals surface area contributed by atoms with Gasteiger partial charge in [0.1, 0.15) is 5.65 Å². The third kappa shape index (κ3) is 3.99. The second-order valence-corrected chi connectivity index (χ2v) is 8.83. The van der Waals surface area contributed by atoms with E-state index < -0.39 is 5.97 Å². The highest BCUT2D eigenvalue weighted by atomic mass is 16.4. The monoisotopic (exact) mass is 444 g/mol. The van der Waals surface area contributed by atoms with Gasteiger partial charge in [-0.05, 0) is 54.7 Å². The number of hydrogen-bond acceptors (Lipinski definition) is 3. The number of carboxylic acid groups (broad SMARTS) is 1. The number of unbranched alkanes of at least 4 members (excludes halogenated alkanes) is 1. The van der Waals surface area contributed by atoms with Gasteiger partial charge in [-0.1, -0.05) is 12.1 Å². The van der Waals surface area contributed by atoms with E-state index in [1.54, 1.807) is 0 Å². The molecule has 0 atom stereocenters. The first-order valence-electron chi connectivity index (χ1n) is 11.5. The summed E-state index contributed by atoms with van der Waals surface area (Å²) in [6.45, 7) is 1.95. The van der Waals surface area contributed by atoms with Crippen molar-refractivity contribution in [1.29, 1.82) is 0 Å². The van der Waals surface area contributed by atoms with Crippen molar-refractivity contribution in [3.63, 3.8) is 0 Å². The van der Waals surface area contributed by atoms with Gasteiger partial charge in [0.05, 0.1) is 13.1 Å². The molecule has 1 N–H and O–H groups in total. The number of pyridine rings is 1. The normalized spacial score (nSPS) is 13.5. The van der Waals surface area contributed by atoms with Crippen LogP contribution in [-0.4, -0.2) is 42.5 Å². The molecule has 0 saturated heterocycles. The fourth-order valence-electron chi connectivity index (χ4n) is 5.03. The molecule has 33 heavy (non-hydrogen) atoms. The molecule has 7 nitrogen and oxygen atoms in total. The number of aliphatic carboxylic acids is 1. The predicted octanol–water partition coefficient (Wildman–Crippen LogP) is 4.11. The molecule has 170 valence electrons. The Balaban J connectivity index is 1.45. The minimum absolute atomic E-state index is 0.0981. The molecule has 0 aliphatic carbocycles. The molecule has 0 unspecified atom stereocenters. The molecule has 5 rings (SSSR count). The lowest BCUT2D eigenvalue weighted by Crippen LogP contribution is -2.36. The van der Waals surface area contributed by atoms with Gasteiger partial charge in [-0.15, -0.1) is 0 Å². The molecular formula is C26H28N4O3. The van der Waals surface area contributed by atoms with Crippen LogP contribution in [0.3, 0.4) is 0 Å².